The zero-order valence-corrected chi connectivity index (χ0v) is 13.7. The van der Waals surface area contributed by atoms with Crippen molar-refractivity contribution in [2.24, 2.45) is 5.41 Å². The first-order chi connectivity index (χ1) is 10.6. The van der Waals surface area contributed by atoms with Crippen LogP contribution >= 0.6 is 0 Å². The van der Waals surface area contributed by atoms with Crippen LogP contribution in [-0.4, -0.2) is 48.5 Å². The third-order valence-electron chi connectivity index (χ3n) is 5.61. The van der Waals surface area contributed by atoms with Gasteiger partial charge in [0, 0.05) is 26.1 Å². The van der Waals surface area contributed by atoms with Gasteiger partial charge in [-0.2, -0.15) is 4.31 Å². The molecule has 2 fully saturated rings. The van der Waals surface area contributed by atoms with E-state index in [1.165, 1.54) is 0 Å². The van der Waals surface area contributed by atoms with Crippen LogP contribution in [0.15, 0.2) is 11.2 Å². The second-order valence-corrected chi connectivity index (χ2v) is 8.84. The third-order valence-corrected chi connectivity index (χ3v) is 7.45. The Bertz CT molecular complexity index is 661. The summed E-state index contributed by atoms with van der Waals surface area (Å²) in [5.41, 5.74) is 0.197. The number of aryl methyl sites for hydroxylation is 1. The largest absolute Gasteiger partial charge is 0.318 e. The summed E-state index contributed by atoms with van der Waals surface area (Å²) in [5.74, 6) is 0.931. The van der Waals surface area contributed by atoms with E-state index in [9.17, 15) is 8.42 Å². The van der Waals surface area contributed by atoms with E-state index in [1.54, 1.807) is 10.5 Å². The molecule has 1 aromatic rings. The zero-order valence-electron chi connectivity index (χ0n) is 12.9. The van der Waals surface area contributed by atoms with Gasteiger partial charge in [0.25, 0.3) is 10.0 Å². The third kappa shape index (κ3) is 2.30. The van der Waals surface area contributed by atoms with Crippen LogP contribution in [0.25, 0.3) is 0 Å². The molecule has 0 amide bonds. The van der Waals surface area contributed by atoms with Crippen molar-refractivity contribution in [1.82, 2.24) is 19.2 Å². The predicted octanol–water partition coefficient (Wildman–Crippen LogP) is 0.984. The van der Waals surface area contributed by atoms with Gasteiger partial charge in [-0.3, -0.25) is 0 Å². The molecule has 0 aromatic carbocycles. The number of aromatic nitrogens is 2. The van der Waals surface area contributed by atoms with Crippen LogP contribution in [-0.2, 0) is 23.0 Å². The Morgan fingerprint density at radius 2 is 1.95 bits per heavy atom. The van der Waals surface area contributed by atoms with Crippen molar-refractivity contribution >= 4 is 10.0 Å². The Morgan fingerprint density at radius 3 is 2.77 bits per heavy atom. The molecule has 2 saturated heterocycles. The summed E-state index contributed by atoms with van der Waals surface area (Å²) >= 11 is 0. The fourth-order valence-electron chi connectivity index (χ4n) is 4.19. The summed E-state index contributed by atoms with van der Waals surface area (Å²) < 4.78 is 29.7. The van der Waals surface area contributed by atoms with E-state index in [-0.39, 0.29) is 5.41 Å². The molecular formula is C15H24N4O2S. The lowest BCUT2D eigenvalue weighted by Crippen LogP contribution is -2.40. The average Bonchev–Trinajstić information content (AvgIpc) is 3.13. The summed E-state index contributed by atoms with van der Waals surface area (Å²) in [4.78, 5) is 4.35. The number of nitrogens with one attached hydrogen (secondary N) is 1. The normalized spacial score (nSPS) is 25.5. The Hall–Kier alpha value is -0.920. The van der Waals surface area contributed by atoms with E-state index in [2.05, 4.69) is 10.3 Å². The van der Waals surface area contributed by atoms with Crippen LogP contribution in [0.4, 0.5) is 0 Å². The van der Waals surface area contributed by atoms with Crippen LogP contribution in [0.1, 0.15) is 37.9 Å². The molecular weight excluding hydrogens is 300 g/mol. The summed E-state index contributed by atoms with van der Waals surface area (Å²) in [6.45, 7) is 4.14. The topological polar surface area (TPSA) is 67.2 Å². The van der Waals surface area contributed by atoms with E-state index >= 15 is 0 Å². The molecule has 0 aliphatic carbocycles. The van der Waals surface area contributed by atoms with Crippen LogP contribution in [0.5, 0.6) is 0 Å². The fraction of sp³-hybridized carbons (Fsp3) is 0.800. The molecule has 0 saturated carbocycles. The van der Waals surface area contributed by atoms with Gasteiger partial charge in [0.2, 0.25) is 0 Å². The number of fused-ring (bicyclic) bond motifs is 1. The van der Waals surface area contributed by atoms with Gasteiger partial charge in [-0.15, -0.1) is 0 Å². The summed E-state index contributed by atoms with van der Waals surface area (Å²) in [7, 11) is -3.40. The van der Waals surface area contributed by atoms with E-state index < -0.39 is 10.0 Å². The van der Waals surface area contributed by atoms with Gasteiger partial charge in [-0.25, -0.2) is 13.4 Å². The Morgan fingerprint density at radius 1 is 1.14 bits per heavy atom. The highest BCUT2D eigenvalue weighted by atomic mass is 32.2. The number of sulfonamides is 1. The Labute approximate surface area is 132 Å². The highest BCUT2D eigenvalue weighted by Gasteiger charge is 2.44. The van der Waals surface area contributed by atoms with E-state index in [0.717, 1.165) is 64.0 Å². The second-order valence-electron chi connectivity index (χ2n) is 6.96. The van der Waals surface area contributed by atoms with Crippen LogP contribution in [0, 0.1) is 5.41 Å². The zero-order chi connectivity index (χ0) is 15.2. The summed E-state index contributed by atoms with van der Waals surface area (Å²) in [6, 6.07) is 0. The average molecular weight is 324 g/mol. The van der Waals surface area contributed by atoms with Crippen molar-refractivity contribution in [3.8, 4) is 0 Å². The molecule has 1 spiro atoms. The molecule has 0 radical (unpaired) electrons. The molecule has 7 heteroatoms. The van der Waals surface area contributed by atoms with Crippen molar-refractivity contribution < 1.29 is 8.42 Å². The highest BCUT2D eigenvalue weighted by Crippen LogP contribution is 2.40. The second kappa shape index (κ2) is 5.32. The molecule has 3 aliphatic rings. The highest BCUT2D eigenvalue weighted by molar-refractivity contribution is 7.89. The van der Waals surface area contributed by atoms with Gasteiger partial charge in [-0.1, -0.05) is 0 Å². The smallest absolute Gasteiger partial charge is 0.260 e. The maximum absolute atomic E-state index is 13.0. The molecule has 1 N–H and O–H groups in total. The van der Waals surface area contributed by atoms with Gasteiger partial charge in [0.05, 0.1) is 6.20 Å². The molecule has 4 rings (SSSR count). The minimum Gasteiger partial charge on any atom is -0.318 e. The van der Waals surface area contributed by atoms with E-state index in [0.29, 0.717) is 18.1 Å². The number of piperidine rings is 1. The van der Waals surface area contributed by atoms with Crippen molar-refractivity contribution in [2.75, 3.05) is 26.2 Å². The van der Waals surface area contributed by atoms with Crippen LogP contribution < -0.4 is 5.32 Å². The van der Waals surface area contributed by atoms with Gasteiger partial charge >= 0.3 is 0 Å². The molecule has 122 valence electrons. The molecule has 4 heterocycles. The number of imidazole rings is 1. The molecule has 0 bridgehead atoms. The van der Waals surface area contributed by atoms with Crippen molar-refractivity contribution in [3.63, 3.8) is 0 Å². The Balaban J connectivity index is 1.60. The minimum atomic E-state index is -3.40. The van der Waals surface area contributed by atoms with Crippen molar-refractivity contribution in [3.05, 3.63) is 12.0 Å². The first-order valence-corrected chi connectivity index (χ1v) is 9.80. The van der Waals surface area contributed by atoms with Crippen molar-refractivity contribution in [2.45, 2.75) is 50.1 Å². The number of hydrogen-bond donors (Lipinski definition) is 1. The molecule has 1 aromatic heterocycles. The summed E-state index contributed by atoms with van der Waals surface area (Å²) in [6.07, 6.45) is 7.79. The lowest BCUT2D eigenvalue weighted by atomic mass is 9.78. The van der Waals surface area contributed by atoms with Gasteiger partial charge < -0.3 is 9.88 Å². The standard InChI is InChI=1S/C15H24N4O2S/c20-22(21,14-11-17-13-3-1-2-9-19(13)14)18-10-6-15(12-18)4-7-16-8-5-15/h11,16H,1-10,12H2. The van der Waals surface area contributed by atoms with E-state index in [1.807, 2.05) is 4.57 Å². The van der Waals surface area contributed by atoms with Crippen LogP contribution in [0.3, 0.4) is 0 Å². The maximum atomic E-state index is 13.0. The van der Waals surface area contributed by atoms with E-state index in [4.69, 9.17) is 0 Å². The quantitative estimate of drug-likeness (QED) is 0.881. The monoisotopic (exact) mass is 324 g/mol. The number of rotatable bonds is 2. The number of hydrogen-bond acceptors (Lipinski definition) is 4. The minimum absolute atomic E-state index is 0.197. The molecule has 0 unspecified atom stereocenters. The van der Waals surface area contributed by atoms with Crippen LogP contribution in [0.2, 0.25) is 0 Å². The first kappa shape index (κ1) is 14.7. The SMILES string of the molecule is O=S(=O)(c1cnc2n1CCCC2)N1CCC2(CCNCC2)C1. The summed E-state index contributed by atoms with van der Waals surface area (Å²) in [5, 5.41) is 3.79. The van der Waals surface area contributed by atoms with Gasteiger partial charge in [-0.05, 0) is 50.6 Å². The maximum Gasteiger partial charge on any atom is 0.260 e. The first-order valence-electron chi connectivity index (χ1n) is 8.36. The Kier molecular flexibility index (Phi) is 3.54. The molecule has 0 atom stereocenters. The molecule has 3 aliphatic heterocycles. The predicted molar refractivity (Wildman–Crippen MR) is 83.1 cm³/mol. The van der Waals surface area contributed by atoms with Gasteiger partial charge in [0.15, 0.2) is 5.03 Å². The fourth-order valence-corrected chi connectivity index (χ4v) is 5.89. The van der Waals surface area contributed by atoms with Crippen molar-refractivity contribution in [1.29, 1.82) is 0 Å². The lowest BCUT2D eigenvalue weighted by Gasteiger charge is -2.33. The molecule has 22 heavy (non-hydrogen) atoms. The number of nitrogens with zero attached hydrogens (tertiary/aromatic N) is 3. The molecule has 6 nitrogen and oxygen atoms in total. The lowest BCUT2D eigenvalue weighted by molar-refractivity contribution is 0.218. The van der Waals surface area contributed by atoms with Gasteiger partial charge in [0.1, 0.15) is 5.82 Å².